The van der Waals surface area contributed by atoms with E-state index in [2.05, 4.69) is 26.1 Å². The van der Waals surface area contributed by atoms with Crippen molar-refractivity contribution in [2.24, 2.45) is 5.92 Å². The van der Waals surface area contributed by atoms with Gasteiger partial charge in [0.2, 0.25) is 5.91 Å². The molecule has 0 spiro atoms. The molecule has 1 fully saturated rings. The Kier molecular flexibility index (Phi) is 6.99. The molecular weight excluding hydrogens is 344 g/mol. The van der Waals surface area contributed by atoms with E-state index in [0.717, 1.165) is 18.4 Å². The maximum atomic E-state index is 12.4. The van der Waals surface area contributed by atoms with Gasteiger partial charge in [-0.3, -0.25) is 14.4 Å². The Morgan fingerprint density at radius 2 is 1.85 bits per heavy atom. The number of esters is 1. The molecule has 6 heteroatoms. The zero-order chi connectivity index (χ0) is 20.0. The lowest BCUT2D eigenvalue weighted by Gasteiger charge is -2.31. The van der Waals surface area contributed by atoms with Crippen molar-refractivity contribution in [3.05, 3.63) is 35.4 Å². The van der Waals surface area contributed by atoms with Gasteiger partial charge in [0.25, 0.3) is 5.91 Å². The molecule has 1 aliphatic rings. The first-order valence-electron chi connectivity index (χ1n) is 9.55. The molecule has 0 radical (unpaired) electrons. The zero-order valence-electron chi connectivity index (χ0n) is 16.7. The lowest BCUT2D eigenvalue weighted by molar-refractivity contribution is -0.151. The molecule has 1 aromatic rings. The quantitative estimate of drug-likeness (QED) is 0.804. The molecule has 1 aromatic carbocycles. The normalized spacial score (nSPS) is 17.3. The van der Waals surface area contributed by atoms with Crippen molar-refractivity contribution in [2.45, 2.75) is 46.0 Å². The highest BCUT2D eigenvalue weighted by Gasteiger charge is 2.29. The van der Waals surface area contributed by atoms with Crippen molar-refractivity contribution in [1.29, 1.82) is 0 Å². The molecule has 2 amide bonds. The molecule has 1 unspecified atom stereocenters. The second kappa shape index (κ2) is 9.02. The number of rotatable bonds is 5. The predicted octanol–water partition coefficient (Wildman–Crippen LogP) is 2.52. The van der Waals surface area contributed by atoms with E-state index in [-0.39, 0.29) is 35.7 Å². The minimum Gasteiger partial charge on any atom is -0.466 e. The molecule has 0 aromatic heterocycles. The number of nitrogens with one attached hydrogen (secondary N) is 1. The first-order valence-corrected chi connectivity index (χ1v) is 9.55. The second-order valence-electron chi connectivity index (χ2n) is 7.94. The Morgan fingerprint density at radius 3 is 2.44 bits per heavy atom. The Balaban J connectivity index is 1.87. The Labute approximate surface area is 161 Å². The van der Waals surface area contributed by atoms with Crippen LogP contribution in [0.15, 0.2) is 24.3 Å². The molecule has 1 N–H and O–H groups in total. The number of nitrogens with zero attached hydrogens (tertiary/aromatic N) is 1. The lowest BCUT2D eigenvalue weighted by atomic mass is 9.87. The van der Waals surface area contributed by atoms with E-state index in [1.54, 1.807) is 24.0 Å². The fourth-order valence-electron chi connectivity index (χ4n) is 3.15. The van der Waals surface area contributed by atoms with Crippen LogP contribution in [0.3, 0.4) is 0 Å². The summed E-state index contributed by atoms with van der Waals surface area (Å²) in [5.41, 5.74) is 1.70. The summed E-state index contributed by atoms with van der Waals surface area (Å²) in [6.07, 6.45) is 1.49. The summed E-state index contributed by atoms with van der Waals surface area (Å²) in [7, 11) is 0. The number of amides is 2. The van der Waals surface area contributed by atoms with E-state index in [4.69, 9.17) is 4.74 Å². The Bertz CT molecular complexity index is 676. The van der Waals surface area contributed by atoms with Crippen LogP contribution < -0.4 is 5.32 Å². The summed E-state index contributed by atoms with van der Waals surface area (Å²) in [4.78, 5) is 38.2. The SMILES string of the molecule is CCOC(=O)C1CCCN(C(=O)CNC(=O)c2ccc(C(C)(C)C)cc2)C1. The Morgan fingerprint density at radius 1 is 1.19 bits per heavy atom. The highest BCUT2D eigenvalue weighted by Crippen LogP contribution is 2.22. The van der Waals surface area contributed by atoms with E-state index in [0.29, 0.717) is 25.3 Å². The second-order valence-corrected chi connectivity index (χ2v) is 7.94. The number of benzene rings is 1. The van der Waals surface area contributed by atoms with Crippen molar-refractivity contribution >= 4 is 17.8 Å². The van der Waals surface area contributed by atoms with Crippen LogP contribution in [0.4, 0.5) is 0 Å². The largest absolute Gasteiger partial charge is 0.466 e. The lowest BCUT2D eigenvalue weighted by Crippen LogP contribution is -2.46. The minimum absolute atomic E-state index is 0.0225. The molecule has 27 heavy (non-hydrogen) atoms. The number of hydrogen-bond donors (Lipinski definition) is 1. The van der Waals surface area contributed by atoms with Crippen LogP contribution in [0.1, 0.15) is 56.5 Å². The monoisotopic (exact) mass is 374 g/mol. The summed E-state index contributed by atoms with van der Waals surface area (Å²) < 4.78 is 5.05. The topological polar surface area (TPSA) is 75.7 Å². The standard InChI is InChI=1S/C21H30N2O4/c1-5-27-20(26)16-7-6-12-23(14-16)18(24)13-22-19(25)15-8-10-17(11-9-15)21(2,3)4/h8-11,16H,5-7,12-14H2,1-4H3,(H,22,25). The first-order chi connectivity index (χ1) is 12.7. The van der Waals surface area contributed by atoms with Gasteiger partial charge in [-0.25, -0.2) is 0 Å². The van der Waals surface area contributed by atoms with Crippen molar-refractivity contribution in [3.63, 3.8) is 0 Å². The summed E-state index contributed by atoms with van der Waals surface area (Å²) in [6, 6.07) is 7.42. The van der Waals surface area contributed by atoms with Crippen LogP contribution in [-0.4, -0.2) is 48.9 Å². The van der Waals surface area contributed by atoms with E-state index in [9.17, 15) is 14.4 Å². The van der Waals surface area contributed by atoms with Gasteiger partial charge in [-0.05, 0) is 42.9 Å². The van der Waals surface area contributed by atoms with Crippen molar-refractivity contribution in [1.82, 2.24) is 10.2 Å². The van der Waals surface area contributed by atoms with Gasteiger partial charge in [0, 0.05) is 18.7 Å². The number of carbonyl (C=O) groups excluding carboxylic acids is 3. The maximum absolute atomic E-state index is 12.4. The van der Waals surface area contributed by atoms with Crippen LogP contribution in [0.2, 0.25) is 0 Å². The third kappa shape index (κ3) is 5.81. The van der Waals surface area contributed by atoms with E-state index < -0.39 is 0 Å². The number of ether oxygens (including phenoxy) is 1. The van der Waals surface area contributed by atoms with E-state index in [1.807, 2.05) is 12.1 Å². The van der Waals surface area contributed by atoms with E-state index in [1.165, 1.54) is 0 Å². The molecule has 6 nitrogen and oxygen atoms in total. The first kappa shape index (κ1) is 20.9. The van der Waals surface area contributed by atoms with Gasteiger partial charge >= 0.3 is 5.97 Å². The van der Waals surface area contributed by atoms with Crippen LogP contribution >= 0.6 is 0 Å². The average molecular weight is 374 g/mol. The highest BCUT2D eigenvalue weighted by atomic mass is 16.5. The van der Waals surface area contributed by atoms with Gasteiger partial charge < -0.3 is 15.0 Å². The molecule has 0 bridgehead atoms. The number of likely N-dealkylation sites (tertiary alicyclic amines) is 1. The average Bonchev–Trinajstić information content (AvgIpc) is 2.65. The van der Waals surface area contributed by atoms with Crippen molar-refractivity contribution < 1.29 is 19.1 Å². The van der Waals surface area contributed by atoms with Crippen molar-refractivity contribution in [2.75, 3.05) is 26.2 Å². The van der Waals surface area contributed by atoms with Gasteiger partial charge in [-0.1, -0.05) is 32.9 Å². The molecule has 0 saturated carbocycles. The van der Waals surface area contributed by atoms with Crippen LogP contribution in [-0.2, 0) is 19.7 Å². The zero-order valence-corrected chi connectivity index (χ0v) is 16.7. The van der Waals surface area contributed by atoms with Crippen LogP contribution in [0.25, 0.3) is 0 Å². The van der Waals surface area contributed by atoms with Gasteiger partial charge in [0.15, 0.2) is 0 Å². The third-order valence-electron chi connectivity index (χ3n) is 4.81. The van der Waals surface area contributed by atoms with Gasteiger partial charge in [-0.15, -0.1) is 0 Å². The fraction of sp³-hybridized carbons (Fsp3) is 0.571. The molecule has 148 valence electrons. The van der Waals surface area contributed by atoms with Gasteiger partial charge in [0.1, 0.15) is 0 Å². The fourth-order valence-corrected chi connectivity index (χ4v) is 3.15. The summed E-state index contributed by atoms with van der Waals surface area (Å²) in [5.74, 6) is -0.979. The molecule has 2 rings (SSSR count). The summed E-state index contributed by atoms with van der Waals surface area (Å²) in [6.45, 7) is 9.34. The van der Waals surface area contributed by atoms with Crippen molar-refractivity contribution in [3.8, 4) is 0 Å². The van der Waals surface area contributed by atoms with Crippen LogP contribution in [0.5, 0.6) is 0 Å². The minimum atomic E-state index is -0.275. The highest BCUT2D eigenvalue weighted by molar-refractivity contribution is 5.96. The number of carbonyl (C=O) groups is 3. The van der Waals surface area contributed by atoms with Crippen LogP contribution in [0, 0.1) is 5.92 Å². The molecule has 1 saturated heterocycles. The number of piperidine rings is 1. The summed E-state index contributed by atoms with van der Waals surface area (Å²) in [5, 5.41) is 2.68. The van der Waals surface area contributed by atoms with E-state index >= 15 is 0 Å². The third-order valence-corrected chi connectivity index (χ3v) is 4.81. The predicted molar refractivity (Wildman–Crippen MR) is 103 cm³/mol. The van der Waals surface area contributed by atoms with Gasteiger partial charge in [-0.2, -0.15) is 0 Å². The summed E-state index contributed by atoms with van der Waals surface area (Å²) >= 11 is 0. The molecule has 0 aliphatic carbocycles. The maximum Gasteiger partial charge on any atom is 0.310 e. The smallest absolute Gasteiger partial charge is 0.310 e. The molecule has 1 heterocycles. The molecular formula is C21H30N2O4. The molecule has 1 aliphatic heterocycles. The Hall–Kier alpha value is -2.37. The van der Waals surface area contributed by atoms with Gasteiger partial charge in [0.05, 0.1) is 19.1 Å². The number of hydrogen-bond acceptors (Lipinski definition) is 4. The molecule has 1 atom stereocenters.